The Bertz CT molecular complexity index is 627. The predicted molar refractivity (Wildman–Crippen MR) is 78.8 cm³/mol. The second kappa shape index (κ2) is 5.97. The highest BCUT2D eigenvalue weighted by atomic mass is 35.5. The second-order valence-electron chi connectivity index (χ2n) is 4.69. The lowest BCUT2D eigenvalue weighted by atomic mass is 10.1. The maximum absolute atomic E-state index is 10.7. The van der Waals surface area contributed by atoms with Crippen LogP contribution in [0.3, 0.4) is 0 Å². The Morgan fingerprint density at radius 2 is 1.80 bits per heavy atom. The maximum atomic E-state index is 10.7. The molecule has 0 aliphatic rings. The van der Waals surface area contributed by atoms with Crippen LogP contribution in [0.1, 0.15) is 16.7 Å². The number of hydrogen-bond acceptors (Lipinski definition) is 2. The van der Waals surface area contributed by atoms with E-state index in [-0.39, 0.29) is 6.42 Å². The van der Waals surface area contributed by atoms with Crippen molar-refractivity contribution in [3.05, 3.63) is 58.1 Å². The van der Waals surface area contributed by atoms with Gasteiger partial charge in [0.25, 0.3) is 0 Å². The lowest BCUT2D eigenvalue weighted by molar-refractivity contribution is -0.136. The van der Waals surface area contributed by atoms with E-state index in [2.05, 4.69) is 0 Å². The molecule has 2 rings (SSSR count). The first-order valence-corrected chi connectivity index (χ1v) is 6.59. The minimum Gasteiger partial charge on any atom is -0.481 e. The largest absolute Gasteiger partial charge is 0.481 e. The molecule has 2 aromatic carbocycles. The van der Waals surface area contributed by atoms with Crippen LogP contribution in [-0.4, -0.2) is 11.1 Å². The zero-order valence-electron chi connectivity index (χ0n) is 11.3. The molecule has 0 aliphatic heterocycles. The van der Waals surface area contributed by atoms with Crippen LogP contribution in [0.25, 0.3) is 0 Å². The quantitative estimate of drug-likeness (QED) is 0.909. The van der Waals surface area contributed by atoms with E-state index in [1.54, 1.807) is 24.3 Å². The van der Waals surface area contributed by atoms with Crippen LogP contribution >= 0.6 is 11.6 Å². The third-order valence-electron chi connectivity index (χ3n) is 2.90. The van der Waals surface area contributed by atoms with E-state index in [1.165, 1.54) is 0 Å². The molecule has 0 heterocycles. The average Bonchev–Trinajstić information content (AvgIpc) is 2.35. The van der Waals surface area contributed by atoms with Crippen molar-refractivity contribution in [1.29, 1.82) is 0 Å². The normalized spacial score (nSPS) is 10.3. The van der Waals surface area contributed by atoms with Gasteiger partial charge < -0.3 is 9.84 Å². The lowest BCUT2D eigenvalue weighted by Gasteiger charge is -2.10. The molecule has 3 nitrogen and oxygen atoms in total. The Balaban J connectivity index is 2.24. The van der Waals surface area contributed by atoms with Crippen molar-refractivity contribution in [1.82, 2.24) is 0 Å². The summed E-state index contributed by atoms with van der Waals surface area (Å²) in [7, 11) is 0. The van der Waals surface area contributed by atoms with Gasteiger partial charge >= 0.3 is 5.97 Å². The van der Waals surface area contributed by atoms with Gasteiger partial charge in [-0.15, -0.1) is 0 Å². The Morgan fingerprint density at radius 3 is 2.40 bits per heavy atom. The number of carbonyl (C=O) groups is 1. The van der Waals surface area contributed by atoms with Crippen LogP contribution < -0.4 is 4.74 Å². The summed E-state index contributed by atoms with van der Waals surface area (Å²) >= 11 is 6.11. The summed E-state index contributed by atoms with van der Waals surface area (Å²) in [5, 5.41) is 9.53. The smallest absolute Gasteiger partial charge is 0.307 e. The van der Waals surface area contributed by atoms with Crippen molar-refractivity contribution in [2.45, 2.75) is 20.3 Å². The van der Waals surface area contributed by atoms with Crippen molar-refractivity contribution in [3.63, 3.8) is 0 Å². The number of aryl methyl sites for hydroxylation is 2. The molecule has 0 bridgehead atoms. The van der Waals surface area contributed by atoms with Gasteiger partial charge in [0.2, 0.25) is 0 Å². The van der Waals surface area contributed by atoms with E-state index in [0.29, 0.717) is 17.1 Å². The van der Waals surface area contributed by atoms with Gasteiger partial charge in [-0.25, -0.2) is 0 Å². The Kier molecular flexibility index (Phi) is 4.30. The molecule has 0 aromatic heterocycles. The molecular weight excluding hydrogens is 276 g/mol. The predicted octanol–water partition coefficient (Wildman–Crippen LogP) is 4.38. The Hall–Kier alpha value is -2.00. The van der Waals surface area contributed by atoms with E-state index in [1.807, 2.05) is 26.0 Å². The number of ether oxygens (including phenoxy) is 1. The summed E-state index contributed by atoms with van der Waals surface area (Å²) in [6, 6.07) is 10.8. The lowest BCUT2D eigenvalue weighted by Crippen LogP contribution is -1.99. The third-order valence-corrected chi connectivity index (χ3v) is 3.50. The summed E-state index contributed by atoms with van der Waals surface area (Å²) in [5.74, 6) is 0.446. The number of halogens is 1. The van der Waals surface area contributed by atoms with Crippen molar-refractivity contribution in [2.24, 2.45) is 0 Å². The van der Waals surface area contributed by atoms with Crippen LogP contribution in [0.15, 0.2) is 36.4 Å². The molecule has 0 radical (unpaired) electrons. The number of benzene rings is 2. The Morgan fingerprint density at radius 1 is 1.15 bits per heavy atom. The first kappa shape index (κ1) is 14.4. The fourth-order valence-corrected chi connectivity index (χ4v) is 2.10. The molecular formula is C16H15ClO3. The van der Waals surface area contributed by atoms with E-state index >= 15 is 0 Å². The summed E-state index contributed by atoms with van der Waals surface area (Å²) in [4.78, 5) is 10.7. The van der Waals surface area contributed by atoms with Crippen LogP contribution in [-0.2, 0) is 11.2 Å². The molecule has 0 atom stereocenters. The fourth-order valence-electron chi connectivity index (χ4n) is 1.99. The van der Waals surface area contributed by atoms with Gasteiger partial charge in [-0.3, -0.25) is 4.79 Å². The molecule has 104 valence electrons. The fraction of sp³-hybridized carbons (Fsp3) is 0.188. The Labute approximate surface area is 122 Å². The number of aliphatic carboxylic acids is 1. The van der Waals surface area contributed by atoms with Crippen molar-refractivity contribution in [2.75, 3.05) is 0 Å². The SMILES string of the molecule is Cc1cc(Oc2cccc(CC(=O)O)c2)cc(C)c1Cl. The van der Waals surface area contributed by atoms with Crippen molar-refractivity contribution >= 4 is 17.6 Å². The molecule has 0 saturated carbocycles. The minimum atomic E-state index is -0.861. The van der Waals surface area contributed by atoms with Crippen LogP contribution in [0.4, 0.5) is 0 Å². The van der Waals surface area contributed by atoms with Gasteiger partial charge in [-0.05, 0) is 54.8 Å². The number of rotatable bonds is 4. The summed E-state index contributed by atoms with van der Waals surface area (Å²) in [6.07, 6.45) is -0.0180. The highest BCUT2D eigenvalue weighted by Crippen LogP contribution is 2.29. The zero-order chi connectivity index (χ0) is 14.7. The third kappa shape index (κ3) is 3.52. The van der Waals surface area contributed by atoms with Gasteiger partial charge in [-0.2, -0.15) is 0 Å². The maximum Gasteiger partial charge on any atom is 0.307 e. The van der Waals surface area contributed by atoms with Gasteiger partial charge in [0.05, 0.1) is 6.42 Å². The first-order valence-electron chi connectivity index (χ1n) is 6.21. The van der Waals surface area contributed by atoms with Gasteiger partial charge in [0, 0.05) is 5.02 Å². The monoisotopic (exact) mass is 290 g/mol. The first-order chi connectivity index (χ1) is 9.45. The number of hydrogen-bond donors (Lipinski definition) is 1. The molecule has 0 unspecified atom stereocenters. The molecule has 0 amide bonds. The average molecular weight is 291 g/mol. The van der Waals surface area contributed by atoms with E-state index in [4.69, 9.17) is 21.4 Å². The minimum absolute atomic E-state index is 0.0180. The van der Waals surface area contributed by atoms with Crippen LogP contribution in [0.5, 0.6) is 11.5 Å². The molecule has 0 saturated heterocycles. The number of carboxylic acid groups (broad SMARTS) is 1. The molecule has 0 spiro atoms. The molecule has 20 heavy (non-hydrogen) atoms. The second-order valence-corrected chi connectivity index (χ2v) is 5.07. The summed E-state index contributed by atoms with van der Waals surface area (Å²) in [5.41, 5.74) is 2.60. The van der Waals surface area contributed by atoms with Gasteiger partial charge in [-0.1, -0.05) is 23.7 Å². The molecule has 2 aromatic rings. The van der Waals surface area contributed by atoms with Crippen molar-refractivity contribution < 1.29 is 14.6 Å². The highest BCUT2D eigenvalue weighted by molar-refractivity contribution is 6.32. The number of carboxylic acids is 1. The summed E-state index contributed by atoms with van der Waals surface area (Å²) < 4.78 is 5.77. The molecule has 0 aliphatic carbocycles. The van der Waals surface area contributed by atoms with Crippen LogP contribution in [0.2, 0.25) is 5.02 Å². The van der Waals surface area contributed by atoms with Crippen molar-refractivity contribution in [3.8, 4) is 11.5 Å². The summed E-state index contributed by atoms with van der Waals surface area (Å²) in [6.45, 7) is 3.84. The zero-order valence-corrected chi connectivity index (χ0v) is 12.1. The molecule has 4 heteroatoms. The standard InChI is InChI=1S/C16H15ClO3/c1-10-6-14(7-11(2)16(10)17)20-13-5-3-4-12(8-13)9-15(18)19/h3-8H,9H2,1-2H3,(H,18,19). The molecule has 1 N–H and O–H groups in total. The topological polar surface area (TPSA) is 46.5 Å². The van der Waals surface area contributed by atoms with Crippen LogP contribution in [0, 0.1) is 13.8 Å². The van der Waals surface area contributed by atoms with E-state index < -0.39 is 5.97 Å². The van der Waals surface area contributed by atoms with Gasteiger partial charge in [0.1, 0.15) is 11.5 Å². The van der Waals surface area contributed by atoms with E-state index in [9.17, 15) is 4.79 Å². The molecule has 0 fully saturated rings. The highest BCUT2D eigenvalue weighted by Gasteiger charge is 2.06. The van der Waals surface area contributed by atoms with E-state index in [0.717, 1.165) is 16.1 Å². The van der Waals surface area contributed by atoms with Gasteiger partial charge in [0.15, 0.2) is 0 Å².